The highest BCUT2D eigenvalue weighted by molar-refractivity contribution is 8.02. The number of hydrogen-bond acceptors (Lipinski definition) is 6. The molecule has 4 aliphatic heterocycles. The molecule has 0 radical (unpaired) electrons. The van der Waals surface area contributed by atoms with E-state index in [0.717, 1.165) is 24.8 Å². The molecule has 0 aromatic heterocycles. The van der Waals surface area contributed by atoms with Gasteiger partial charge in [-0.25, -0.2) is 0 Å². The van der Waals surface area contributed by atoms with Gasteiger partial charge in [-0.15, -0.1) is 11.8 Å². The highest BCUT2D eigenvalue weighted by atomic mass is 32.2. The Kier molecular flexibility index (Phi) is 7.72. The van der Waals surface area contributed by atoms with E-state index < -0.39 is 34.2 Å². The number of thioether (sulfide) groups is 1. The summed E-state index contributed by atoms with van der Waals surface area (Å²) < 4.78 is 4.72. The van der Waals surface area contributed by atoms with Gasteiger partial charge in [-0.3, -0.25) is 14.4 Å². The number of benzene rings is 1. The van der Waals surface area contributed by atoms with Crippen molar-refractivity contribution in [2.45, 2.75) is 81.5 Å². The number of esters is 1. The fraction of sp³-hybridized carbons (Fsp3) is 0.594. The van der Waals surface area contributed by atoms with Gasteiger partial charge in [-0.05, 0) is 44.1 Å². The second kappa shape index (κ2) is 10.7. The van der Waals surface area contributed by atoms with E-state index in [0.29, 0.717) is 13.2 Å². The third kappa shape index (κ3) is 4.91. The molecule has 2 amide bonds. The lowest BCUT2D eigenvalue weighted by molar-refractivity contribution is -0.154. The van der Waals surface area contributed by atoms with Crippen LogP contribution in [0.2, 0.25) is 0 Å². The molecule has 0 aliphatic carbocycles. The van der Waals surface area contributed by atoms with Crippen LogP contribution in [-0.2, 0) is 19.1 Å². The molecule has 8 heteroatoms. The van der Waals surface area contributed by atoms with Gasteiger partial charge >= 0.3 is 5.97 Å². The number of aliphatic hydroxyl groups excluding tert-OH is 1. The zero-order chi connectivity index (χ0) is 28.9. The van der Waals surface area contributed by atoms with Crippen molar-refractivity contribution in [3.05, 3.63) is 60.2 Å². The van der Waals surface area contributed by atoms with Crippen LogP contribution in [-0.4, -0.2) is 74.0 Å². The summed E-state index contributed by atoms with van der Waals surface area (Å²) >= 11 is 1.54. The number of likely N-dealkylation sites (tertiary alicyclic amines) is 1. The number of ether oxygens (including phenoxy) is 1. The first-order valence-corrected chi connectivity index (χ1v) is 15.3. The van der Waals surface area contributed by atoms with Gasteiger partial charge in [0.05, 0.1) is 35.8 Å². The van der Waals surface area contributed by atoms with Crippen molar-refractivity contribution in [3.63, 3.8) is 0 Å². The quantitative estimate of drug-likeness (QED) is 0.417. The molecule has 40 heavy (non-hydrogen) atoms. The first-order valence-electron chi connectivity index (χ1n) is 14.4. The standard InChI is InChI=1S/C32H42N2O5S/c1-30(2,3)20-31(4,5)33-17-12-16-32-25(24-23(40-32)15-10-7-11-18-39-29(24)38)27(36)34(26(32)28(33)37)22(19-35)21-13-8-6-9-14-21/h6,8-10,12-16,22-26,35H,7,11,17-20H2,1-5H3/b15-10-/t22-,23+,24-,25+,26?,32+/m1/s1. The maximum absolute atomic E-state index is 14.8. The lowest BCUT2D eigenvalue weighted by Gasteiger charge is -2.45. The Balaban J connectivity index is 1.66. The molecule has 2 fully saturated rings. The SMILES string of the molecule is CC(C)(C)CC(C)(C)N1CC=C[C@]23S[C@H]4/C=C\CCCOC(=O)[C@H]4[C@H]2C(=O)N([C@H](CO)c2ccccc2)C3C1=O. The topological polar surface area (TPSA) is 87.2 Å². The zero-order valence-electron chi connectivity index (χ0n) is 24.2. The third-order valence-corrected chi connectivity index (χ3v) is 10.4. The molecule has 1 N–H and O–H groups in total. The van der Waals surface area contributed by atoms with E-state index in [9.17, 15) is 19.5 Å². The van der Waals surface area contributed by atoms with E-state index in [2.05, 4.69) is 40.7 Å². The number of carbonyl (C=O) groups excluding carboxylic acids is 3. The summed E-state index contributed by atoms with van der Waals surface area (Å²) in [5, 5.41) is 10.4. The third-order valence-electron chi connectivity index (χ3n) is 8.68. The van der Waals surface area contributed by atoms with Gasteiger partial charge in [0.25, 0.3) is 0 Å². The van der Waals surface area contributed by atoms with Crippen molar-refractivity contribution >= 4 is 29.5 Å². The first-order chi connectivity index (χ1) is 18.9. The molecule has 1 aromatic carbocycles. The van der Waals surface area contributed by atoms with Gasteiger partial charge in [-0.2, -0.15) is 0 Å². The molecule has 0 bridgehead atoms. The molecule has 1 aromatic rings. The molecule has 2 saturated heterocycles. The summed E-state index contributed by atoms with van der Waals surface area (Å²) in [6.07, 6.45) is 10.4. The number of nitrogens with zero attached hydrogens (tertiary/aromatic N) is 2. The van der Waals surface area contributed by atoms with Crippen LogP contribution in [0.4, 0.5) is 0 Å². The highest BCUT2D eigenvalue weighted by Gasteiger charge is 2.72. The summed E-state index contributed by atoms with van der Waals surface area (Å²) in [6.45, 7) is 11.1. The van der Waals surface area contributed by atoms with E-state index in [4.69, 9.17) is 4.74 Å². The molecule has 7 nitrogen and oxygen atoms in total. The summed E-state index contributed by atoms with van der Waals surface area (Å²) in [7, 11) is 0. The second-order valence-corrected chi connectivity index (χ2v) is 14.8. The molecule has 4 heterocycles. The minimum atomic E-state index is -0.958. The number of rotatable bonds is 5. The van der Waals surface area contributed by atoms with Gasteiger partial charge in [0.2, 0.25) is 11.8 Å². The van der Waals surface area contributed by atoms with Crippen LogP contribution in [0.25, 0.3) is 0 Å². The van der Waals surface area contributed by atoms with E-state index in [1.807, 2.05) is 53.5 Å². The average Bonchev–Trinajstić information content (AvgIpc) is 3.28. The van der Waals surface area contributed by atoms with E-state index in [1.54, 1.807) is 4.90 Å². The number of fused-ring (bicyclic) bond motifs is 2. The lowest BCUT2D eigenvalue weighted by atomic mass is 9.78. The lowest BCUT2D eigenvalue weighted by Crippen LogP contribution is -2.59. The van der Waals surface area contributed by atoms with Crippen molar-refractivity contribution in [3.8, 4) is 0 Å². The number of amides is 2. The van der Waals surface area contributed by atoms with Crippen molar-refractivity contribution in [2.24, 2.45) is 17.3 Å². The van der Waals surface area contributed by atoms with Crippen LogP contribution in [0.5, 0.6) is 0 Å². The first kappa shape index (κ1) is 28.9. The molecule has 0 saturated carbocycles. The van der Waals surface area contributed by atoms with Gasteiger partial charge in [-0.1, -0.05) is 75.4 Å². The average molecular weight is 567 g/mol. The number of carbonyl (C=O) groups is 3. The maximum atomic E-state index is 14.8. The second-order valence-electron chi connectivity index (χ2n) is 13.3. The molecular weight excluding hydrogens is 524 g/mol. The number of hydrogen-bond donors (Lipinski definition) is 1. The van der Waals surface area contributed by atoms with Crippen LogP contribution in [0.15, 0.2) is 54.6 Å². The number of allylic oxidation sites excluding steroid dienone is 1. The predicted molar refractivity (Wildman–Crippen MR) is 156 cm³/mol. The van der Waals surface area contributed by atoms with E-state index in [1.165, 1.54) is 11.8 Å². The van der Waals surface area contributed by atoms with Crippen molar-refractivity contribution < 1.29 is 24.2 Å². The maximum Gasteiger partial charge on any atom is 0.311 e. The minimum Gasteiger partial charge on any atom is -0.465 e. The van der Waals surface area contributed by atoms with Crippen LogP contribution in [0, 0.1) is 17.3 Å². The summed E-state index contributed by atoms with van der Waals surface area (Å²) in [5.41, 5.74) is 0.249. The van der Waals surface area contributed by atoms with E-state index in [-0.39, 0.29) is 35.1 Å². The van der Waals surface area contributed by atoms with Crippen molar-refractivity contribution in [2.75, 3.05) is 19.8 Å². The summed E-state index contributed by atoms with van der Waals surface area (Å²) in [5.74, 6) is -2.27. The Morgan fingerprint density at radius 2 is 1.80 bits per heavy atom. The van der Waals surface area contributed by atoms with Gasteiger partial charge in [0.1, 0.15) is 6.04 Å². The monoisotopic (exact) mass is 566 g/mol. The molecular formula is C32H42N2O5S. The molecule has 4 aliphatic rings. The zero-order valence-corrected chi connectivity index (χ0v) is 25.0. The molecule has 1 unspecified atom stereocenters. The Morgan fingerprint density at radius 1 is 1.07 bits per heavy atom. The molecule has 5 rings (SSSR count). The van der Waals surface area contributed by atoms with Crippen LogP contribution in [0.3, 0.4) is 0 Å². The smallest absolute Gasteiger partial charge is 0.311 e. The van der Waals surface area contributed by atoms with Crippen LogP contribution < -0.4 is 0 Å². The largest absolute Gasteiger partial charge is 0.465 e. The van der Waals surface area contributed by atoms with Gasteiger partial charge in [0.15, 0.2) is 0 Å². The van der Waals surface area contributed by atoms with Crippen molar-refractivity contribution in [1.82, 2.24) is 9.80 Å². The summed E-state index contributed by atoms with van der Waals surface area (Å²) in [4.78, 5) is 46.5. The predicted octanol–water partition coefficient (Wildman–Crippen LogP) is 4.52. The van der Waals surface area contributed by atoms with E-state index >= 15 is 0 Å². The Bertz CT molecular complexity index is 1210. The molecule has 6 atom stereocenters. The normalized spacial score (nSPS) is 32.3. The van der Waals surface area contributed by atoms with Crippen LogP contribution >= 0.6 is 11.8 Å². The minimum absolute atomic E-state index is 0.0243. The Hall–Kier alpha value is -2.58. The van der Waals surface area contributed by atoms with Crippen molar-refractivity contribution in [1.29, 1.82) is 0 Å². The Labute approximate surface area is 242 Å². The fourth-order valence-electron chi connectivity index (χ4n) is 7.50. The summed E-state index contributed by atoms with van der Waals surface area (Å²) in [6, 6.07) is 7.78. The van der Waals surface area contributed by atoms with Gasteiger partial charge in [0, 0.05) is 17.3 Å². The van der Waals surface area contributed by atoms with Crippen LogP contribution in [0.1, 0.15) is 65.5 Å². The highest BCUT2D eigenvalue weighted by Crippen LogP contribution is 2.62. The molecule has 1 spiro atoms. The fourth-order valence-corrected chi connectivity index (χ4v) is 9.48. The Morgan fingerprint density at radius 3 is 2.48 bits per heavy atom. The number of cyclic esters (lactones) is 1. The van der Waals surface area contributed by atoms with Gasteiger partial charge < -0.3 is 19.6 Å². The number of aliphatic hydroxyl groups is 1. The molecule has 216 valence electrons.